The summed E-state index contributed by atoms with van der Waals surface area (Å²) in [6.07, 6.45) is 0. The Kier molecular flexibility index (Phi) is 8.78. The molecule has 0 fully saturated rings. The Morgan fingerprint density at radius 3 is 2.30 bits per heavy atom. The van der Waals surface area contributed by atoms with Gasteiger partial charge in [-0.1, -0.05) is 42.5 Å². The van der Waals surface area contributed by atoms with E-state index in [4.69, 9.17) is 4.42 Å². The number of aromatic carboxylic acids is 1. The maximum Gasteiger partial charge on any atom is 1.00 e. The molecule has 1 aliphatic carbocycles. The number of carboxylic acids is 1. The number of rotatable bonds is 6. The van der Waals surface area contributed by atoms with E-state index in [1.165, 1.54) is 24.3 Å². The predicted molar refractivity (Wildman–Crippen MR) is 161 cm³/mol. The fourth-order valence-electron chi connectivity index (χ4n) is 5.11. The van der Waals surface area contributed by atoms with Crippen molar-refractivity contribution < 1.29 is 56.8 Å². The van der Waals surface area contributed by atoms with Gasteiger partial charge in [-0.3, -0.25) is 0 Å². The molecule has 0 bridgehead atoms. The van der Waals surface area contributed by atoms with Crippen molar-refractivity contribution in [3.05, 3.63) is 125 Å². The number of carboxylic acid groups (broad SMARTS) is 1. The summed E-state index contributed by atoms with van der Waals surface area (Å²) < 4.78 is 40.7. The summed E-state index contributed by atoms with van der Waals surface area (Å²) in [7, 11) is -4.59. The molecule has 8 nitrogen and oxygen atoms in total. The number of para-hydroxylation sites is 1. The second-order valence-electron chi connectivity index (χ2n) is 10.2. The molecule has 1 heterocycles. The van der Waals surface area contributed by atoms with Gasteiger partial charge in [-0.15, -0.1) is 0 Å². The van der Waals surface area contributed by atoms with Crippen molar-refractivity contribution >= 4 is 44.1 Å². The van der Waals surface area contributed by atoms with E-state index in [9.17, 15) is 22.9 Å². The third-order valence-corrected chi connectivity index (χ3v) is 8.08. The number of anilines is 2. The first-order chi connectivity index (χ1) is 20.6. The van der Waals surface area contributed by atoms with E-state index >= 15 is 0 Å². The molecule has 0 amide bonds. The zero-order valence-electron chi connectivity index (χ0n) is 24.1. The van der Waals surface area contributed by atoms with Crippen LogP contribution in [0.25, 0.3) is 33.4 Å². The number of fused-ring (bicyclic) bond motifs is 2. The number of hydrogen-bond acceptors (Lipinski definition) is 8. The van der Waals surface area contributed by atoms with Crippen molar-refractivity contribution in [2.45, 2.75) is 18.7 Å². The van der Waals surface area contributed by atoms with Gasteiger partial charge in [0.2, 0.25) is 0 Å². The quantitative estimate of drug-likeness (QED) is 0.174. The number of carbonyl (C=O) groups is 1. The molecule has 214 valence electrons. The number of aryl methyl sites for hydroxylation is 2. The molecule has 0 aromatic heterocycles. The standard InChI is InChI=1S/C34H26N2O6S.Na/c1-20-7-3-6-10-29(20)35-22-11-14-27-31(18-22)42-32-19-23(36-30-16-13-24(17-21(30)2)43(39,40)41)12-15-28(32)33(27)25-8-4-5-9-26(25)34(37)38;/h3-19,35H,1-2H3,(H,37,38)(H,39,40,41);/q;+1/p-2. The number of nitrogens with zero attached hydrogens (tertiary/aromatic N) is 1. The van der Waals surface area contributed by atoms with Crippen molar-refractivity contribution in [3.63, 3.8) is 0 Å². The van der Waals surface area contributed by atoms with Crippen LogP contribution in [0, 0.1) is 13.8 Å². The van der Waals surface area contributed by atoms with Crippen molar-refractivity contribution in [3.8, 4) is 22.5 Å². The maximum atomic E-state index is 12.1. The molecule has 0 saturated heterocycles. The summed E-state index contributed by atoms with van der Waals surface area (Å²) in [5.74, 6) is -0.831. The topological polar surface area (TPSA) is 135 Å². The van der Waals surface area contributed by atoms with Crippen molar-refractivity contribution in [2.75, 3.05) is 5.32 Å². The van der Waals surface area contributed by atoms with Crippen LogP contribution in [0.2, 0.25) is 0 Å². The van der Waals surface area contributed by atoms with Gasteiger partial charge >= 0.3 is 29.6 Å². The Balaban J connectivity index is 0.00000384. The maximum absolute atomic E-state index is 12.1. The van der Waals surface area contributed by atoms with Gasteiger partial charge in [-0.05, 0) is 79.1 Å². The van der Waals surface area contributed by atoms with Gasteiger partial charge in [0.15, 0.2) is 0 Å². The molecule has 0 unspecified atom stereocenters. The normalized spacial score (nSPS) is 11.8. The first kappa shape index (κ1) is 31.2. The minimum absolute atomic E-state index is 0. The first-order valence-electron chi connectivity index (χ1n) is 13.3. The summed E-state index contributed by atoms with van der Waals surface area (Å²) >= 11 is 0. The fourth-order valence-corrected chi connectivity index (χ4v) is 5.67. The molecule has 0 saturated carbocycles. The van der Waals surface area contributed by atoms with Gasteiger partial charge in [-0.2, -0.15) is 0 Å². The number of carbonyl (C=O) groups excluding carboxylic acids is 1. The molecule has 10 heteroatoms. The Labute approximate surface area is 276 Å². The monoisotopic (exact) mass is 611 g/mol. The molecule has 0 radical (unpaired) electrons. The van der Waals surface area contributed by atoms with Gasteiger partial charge in [0, 0.05) is 45.6 Å². The summed E-state index contributed by atoms with van der Waals surface area (Å²) in [6, 6.07) is 29.6. The summed E-state index contributed by atoms with van der Waals surface area (Å²) in [5, 5.41) is 16.8. The minimum Gasteiger partial charge on any atom is -0.744 e. The third kappa shape index (κ3) is 6.19. The average molecular weight is 612 g/mol. The molecule has 44 heavy (non-hydrogen) atoms. The van der Waals surface area contributed by atoms with Crippen LogP contribution in [0.3, 0.4) is 0 Å². The Morgan fingerprint density at radius 2 is 1.57 bits per heavy atom. The minimum atomic E-state index is -4.59. The average Bonchev–Trinajstić information content (AvgIpc) is 2.97. The van der Waals surface area contributed by atoms with Gasteiger partial charge in [-0.25, -0.2) is 13.4 Å². The van der Waals surface area contributed by atoms with Crippen LogP contribution in [0.15, 0.2) is 117 Å². The van der Waals surface area contributed by atoms with Gasteiger partial charge in [0.1, 0.15) is 21.5 Å². The molecule has 0 atom stereocenters. The predicted octanol–water partition coefficient (Wildman–Crippen LogP) is 3.07. The van der Waals surface area contributed by atoms with E-state index < -0.39 is 16.1 Å². The van der Waals surface area contributed by atoms with Crippen LogP contribution in [-0.4, -0.2) is 18.9 Å². The molecule has 4 aromatic rings. The van der Waals surface area contributed by atoms with Crippen LogP contribution < -0.4 is 45.3 Å². The van der Waals surface area contributed by atoms with E-state index in [1.54, 1.807) is 37.3 Å². The van der Waals surface area contributed by atoms with E-state index in [2.05, 4.69) is 10.3 Å². The van der Waals surface area contributed by atoms with Crippen molar-refractivity contribution in [2.24, 2.45) is 4.99 Å². The summed E-state index contributed by atoms with van der Waals surface area (Å²) in [6.45, 7) is 3.68. The molecule has 0 spiro atoms. The van der Waals surface area contributed by atoms with Crippen molar-refractivity contribution in [1.82, 2.24) is 0 Å². The Hall–Kier alpha value is -4.25. The first-order valence-corrected chi connectivity index (χ1v) is 14.7. The van der Waals surface area contributed by atoms with Crippen LogP contribution in [0.4, 0.5) is 17.1 Å². The molecule has 1 aliphatic heterocycles. The molecule has 1 N–H and O–H groups in total. The van der Waals surface area contributed by atoms with Crippen LogP contribution >= 0.6 is 0 Å². The van der Waals surface area contributed by atoms with Crippen LogP contribution in [0.1, 0.15) is 21.5 Å². The van der Waals surface area contributed by atoms with Crippen LogP contribution in [0.5, 0.6) is 0 Å². The van der Waals surface area contributed by atoms with E-state index in [0.29, 0.717) is 50.0 Å². The molecule has 6 rings (SSSR count). The largest absolute Gasteiger partial charge is 1.00 e. The molecular weight excluding hydrogens is 587 g/mol. The molecular formula is C34H24N2NaO6S-. The Bertz CT molecular complexity index is 2210. The molecule has 2 aliphatic rings. The Morgan fingerprint density at radius 1 is 0.818 bits per heavy atom. The zero-order valence-corrected chi connectivity index (χ0v) is 26.9. The van der Waals surface area contributed by atoms with Crippen molar-refractivity contribution in [1.29, 1.82) is 0 Å². The van der Waals surface area contributed by atoms with E-state index in [1.807, 2.05) is 55.5 Å². The number of hydrogen-bond donors (Lipinski definition) is 1. The van der Waals surface area contributed by atoms with E-state index in [0.717, 1.165) is 16.9 Å². The number of nitrogens with one attached hydrogen (secondary N) is 1. The van der Waals surface area contributed by atoms with Crippen LogP contribution in [-0.2, 0) is 10.1 Å². The van der Waals surface area contributed by atoms with Gasteiger partial charge in [0.25, 0.3) is 0 Å². The second kappa shape index (κ2) is 12.4. The number of benzene rings is 5. The summed E-state index contributed by atoms with van der Waals surface area (Å²) in [4.78, 5) is 16.4. The third-order valence-electron chi connectivity index (χ3n) is 7.25. The molecule has 4 aromatic carbocycles. The van der Waals surface area contributed by atoms with Gasteiger partial charge < -0.3 is 24.2 Å². The fraction of sp³-hybridized carbons (Fsp3) is 0.0588. The second-order valence-corrected chi connectivity index (χ2v) is 11.5. The van der Waals surface area contributed by atoms with E-state index in [-0.39, 0.29) is 40.0 Å². The summed E-state index contributed by atoms with van der Waals surface area (Å²) in [5.41, 5.74) is 6.21. The smallest absolute Gasteiger partial charge is 0.744 e. The SMILES string of the molecule is Cc1cc(S(=O)(=O)[O-])ccc1N=c1ccc2c(-c3ccccc3C(=O)[O-])c3ccc(Nc4ccccc4C)cc3oc-2c1.[Na+]. The van der Waals surface area contributed by atoms with Gasteiger partial charge in [0.05, 0.1) is 21.9 Å². The zero-order chi connectivity index (χ0) is 30.3.